The molecule has 1 amide bonds. The van der Waals surface area contributed by atoms with Crippen LogP contribution in [0.4, 0.5) is 4.39 Å². The third kappa shape index (κ3) is 3.63. The fourth-order valence-corrected chi connectivity index (χ4v) is 4.54. The maximum atomic E-state index is 13.0. The molecule has 148 valence electrons. The summed E-state index contributed by atoms with van der Waals surface area (Å²) in [6.07, 6.45) is 0. The van der Waals surface area contributed by atoms with E-state index >= 15 is 0 Å². The van der Waals surface area contributed by atoms with Crippen molar-refractivity contribution in [1.82, 2.24) is 19.9 Å². The van der Waals surface area contributed by atoms with Gasteiger partial charge in [0.05, 0.1) is 5.52 Å². The summed E-state index contributed by atoms with van der Waals surface area (Å²) in [6.45, 7) is 5.74. The van der Waals surface area contributed by atoms with Gasteiger partial charge in [-0.25, -0.2) is 14.4 Å². The molecule has 4 rings (SSSR count). The van der Waals surface area contributed by atoms with Crippen molar-refractivity contribution in [3.05, 3.63) is 69.1 Å². The number of aryl methyl sites for hydroxylation is 3. The van der Waals surface area contributed by atoms with Crippen LogP contribution in [0, 0.1) is 26.6 Å². The maximum Gasteiger partial charge on any atom is 0.272 e. The van der Waals surface area contributed by atoms with Crippen LogP contribution in [0.3, 0.4) is 0 Å². The van der Waals surface area contributed by atoms with Crippen LogP contribution in [0.25, 0.3) is 20.4 Å². The zero-order chi connectivity index (χ0) is 20.7. The molecular formula is C21H19FN4O2S. The summed E-state index contributed by atoms with van der Waals surface area (Å²) >= 11 is 1.30. The summed E-state index contributed by atoms with van der Waals surface area (Å²) < 4.78 is 14.9. The normalized spacial score (nSPS) is 11.3. The van der Waals surface area contributed by atoms with E-state index in [9.17, 15) is 14.0 Å². The molecular weight excluding hydrogens is 391 g/mol. The van der Waals surface area contributed by atoms with Crippen molar-refractivity contribution in [2.45, 2.75) is 33.9 Å². The molecule has 8 heteroatoms. The first-order valence-electron chi connectivity index (χ1n) is 9.12. The molecule has 0 aliphatic rings. The molecule has 6 nitrogen and oxygen atoms in total. The third-order valence-corrected chi connectivity index (χ3v) is 5.83. The van der Waals surface area contributed by atoms with Crippen LogP contribution in [0.2, 0.25) is 0 Å². The molecule has 0 fully saturated rings. The Kier molecular flexibility index (Phi) is 4.87. The predicted octanol–water partition coefficient (Wildman–Crippen LogP) is 3.39. The van der Waals surface area contributed by atoms with Gasteiger partial charge in [-0.1, -0.05) is 12.1 Å². The second kappa shape index (κ2) is 7.36. The second-order valence-electron chi connectivity index (χ2n) is 6.99. The summed E-state index contributed by atoms with van der Waals surface area (Å²) in [5, 5.41) is 3.65. The zero-order valence-corrected chi connectivity index (χ0v) is 17.1. The van der Waals surface area contributed by atoms with Crippen molar-refractivity contribution < 1.29 is 9.18 Å². The average molecular weight is 410 g/mol. The van der Waals surface area contributed by atoms with Crippen LogP contribution in [-0.2, 0) is 17.9 Å². The molecule has 29 heavy (non-hydrogen) atoms. The van der Waals surface area contributed by atoms with Crippen LogP contribution in [0.15, 0.2) is 35.1 Å². The van der Waals surface area contributed by atoms with Crippen molar-refractivity contribution in [3.63, 3.8) is 0 Å². The minimum Gasteiger partial charge on any atom is -0.350 e. The van der Waals surface area contributed by atoms with Crippen molar-refractivity contribution >= 4 is 37.7 Å². The van der Waals surface area contributed by atoms with Gasteiger partial charge in [0, 0.05) is 17.6 Å². The first-order chi connectivity index (χ1) is 13.8. The molecule has 4 aromatic rings. The van der Waals surface area contributed by atoms with E-state index in [1.54, 1.807) is 19.1 Å². The predicted molar refractivity (Wildman–Crippen MR) is 112 cm³/mol. The van der Waals surface area contributed by atoms with Gasteiger partial charge in [-0.3, -0.25) is 14.2 Å². The largest absolute Gasteiger partial charge is 0.350 e. The highest BCUT2D eigenvalue weighted by Crippen LogP contribution is 2.32. The number of halogens is 1. The molecule has 0 aliphatic heterocycles. The lowest BCUT2D eigenvalue weighted by atomic mass is 10.1. The van der Waals surface area contributed by atoms with Gasteiger partial charge in [-0.2, -0.15) is 0 Å². The Hall–Kier alpha value is -3.13. The molecule has 0 atom stereocenters. The Morgan fingerprint density at radius 3 is 2.62 bits per heavy atom. The topological polar surface area (TPSA) is 76.9 Å². The summed E-state index contributed by atoms with van der Waals surface area (Å²) in [5.41, 5.74) is 3.09. The van der Waals surface area contributed by atoms with E-state index in [2.05, 4.69) is 15.3 Å². The number of amides is 1. The molecule has 0 aliphatic carbocycles. The van der Waals surface area contributed by atoms with Gasteiger partial charge in [0.1, 0.15) is 27.7 Å². The van der Waals surface area contributed by atoms with Crippen LogP contribution in [0.5, 0.6) is 0 Å². The number of hydrogen-bond acceptors (Lipinski definition) is 5. The summed E-state index contributed by atoms with van der Waals surface area (Å²) in [5.74, 6) is -0.170. The molecule has 0 saturated carbocycles. The Morgan fingerprint density at radius 2 is 1.90 bits per heavy atom. The molecule has 1 N–H and O–H groups in total. The second-order valence-corrected chi connectivity index (χ2v) is 7.99. The van der Waals surface area contributed by atoms with Crippen molar-refractivity contribution in [2.24, 2.45) is 0 Å². The molecule has 0 saturated heterocycles. The number of rotatable bonds is 4. The molecule has 3 heterocycles. The number of nitrogens with zero attached hydrogens (tertiary/aromatic N) is 3. The lowest BCUT2D eigenvalue weighted by Gasteiger charge is -2.10. The van der Waals surface area contributed by atoms with E-state index in [1.165, 1.54) is 28.0 Å². The quantitative estimate of drug-likeness (QED) is 0.560. The van der Waals surface area contributed by atoms with Crippen LogP contribution < -0.4 is 10.9 Å². The fourth-order valence-electron chi connectivity index (χ4n) is 3.35. The van der Waals surface area contributed by atoms with Gasteiger partial charge < -0.3 is 5.32 Å². The van der Waals surface area contributed by atoms with Crippen LogP contribution >= 0.6 is 11.3 Å². The Morgan fingerprint density at radius 1 is 1.17 bits per heavy atom. The first-order valence-corrected chi connectivity index (χ1v) is 9.94. The number of thiophene rings is 1. The molecule has 3 aromatic heterocycles. The number of carbonyl (C=O) groups excluding carboxylic acids is 1. The molecule has 0 radical (unpaired) electrons. The number of aromatic nitrogens is 3. The minimum atomic E-state index is -0.329. The SMILES string of the molecule is Cc1cc(C)c2c(n1)sc1c(=O)n(CC(=O)NCc3ccc(F)cc3)c(C)nc12. The Balaban J connectivity index is 1.64. The summed E-state index contributed by atoms with van der Waals surface area (Å²) in [7, 11) is 0. The van der Waals surface area contributed by atoms with E-state index < -0.39 is 0 Å². The summed E-state index contributed by atoms with van der Waals surface area (Å²) in [6, 6.07) is 7.87. The maximum absolute atomic E-state index is 13.0. The Labute approximate surface area is 170 Å². The number of pyridine rings is 1. The highest BCUT2D eigenvalue weighted by Gasteiger charge is 2.18. The van der Waals surface area contributed by atoms with Gasteiger partial charge >= 0.3 is 0 Å². The standard InChI is InChI=1S/C21H19FN4O2S/c1-11-8-12(2)24-20-17(11)18-19(29-20)21(28)26(13(3)25-18)10-16(27)23-9-14-4-6-15(22)7-5-14/h4-8H,9-10H2,1-3H3,(H,23,27). The molecule has 1 aromatic carbocycles. The lowest BCUT2D eigenvalue weighted by Crippen LogP contribution is -2.33. The Bertz CT molecular complexity index is 1310. The van der Waals surface area contributed by atoms with Gasteiger partial charge in [0.15, 0.2) is 0 Å². The van der Waals surface area contributed by atoms with E-state index in [0.29, 0.717) is 16.0 Å². The van der Waals surface area contributed by atoms with Crippen molar-refractivity contribution in [3.8, 4) is 0 Å². The number of nitrogens with one attached hydrogen (secondary N) is 1. The fraction of sp³-hybridized carbons (Fsp3) is 0.238. The highest BCUT2D eigenvalue weighted by atomic mass is 32.1. The van der Waals surface area contributed by atoms with E-state index in [1.807, 2.05) is 19.9 Å². The van der Waals surface area contributed by atoms with Gasteiger partial charge in [0.25, 0.3) is 5.56 Å². The zero-order valence-electron chi connectivity index (χ0n) is 16.2. The smallest absolute Gasteiger partial charge is 0.272 e. The van der Waals surface area contributed by atoms with Gasteiger partial charge in [-0.05, 0) is 50.1 Å². The number of hydrogen-bond donors (Lipinski definition) is 1. The van der Waals surface area contributed by atoms with Crippen molar-refractivity contribution in [1.29, 1.82) is 0 Å². The van der Waals surface area contributed by atoms with E-state index in [4.69, 9.17) is 0 Å². The molecule has 0 unspecified atom stereocenters. The highest BCUT2D eigenvalue weighted by molar-refractivity contribution is 7.25. The first kappa shape index (κ1) is 19.2. The number of fused-ring (bicyclic) bond motifs is 3. The lowest BCUT2D eigenvalue weighted by molar-refractivity contribution is -0.121. The van der Waals surface area contributed by atoms with E-state index in [0.717, 1.165) is 27.0 Å². The number of carbonyl (C=O) groups is 1. The van der Waals surface area contributed by atoms with Gasteiger partial charge in [0.2, 0.25) is 5.91 Å². The molecule has 0 spiro atoms. The monoisotopic (exact) mass is 410 g/mol. The summed E-state index contributed by atoms with van der Waals surface area (Å²) in [4.78, 5) is 35.3. The average Bonchev–Trinajstić information content (AvgIpc) is 3.03. The molecule has 0 bridgehead atoms. The van der Waals surface area contributed by atoms with Crippen LogP contribution in [0.1, 0.15) is 22.6 Å². The minimum absolute atomic E-state index is 0.130. The third-order valence-electron chi connectivity index (χ3n) is 4.77. The van der Waals surface area contributed by atoms with Crippen LogP contribution in [-0.4, -0.2) is 20.4 Å². The van der Waals surface area contributed by atoms with Gasteiger partial charge in [-0.15, -0.1) is 11.3 Å². The number of benzene rings is 1. The van der Waals surface area contributed by atoms with E-state index in [-0.39, 0.29) is 30.4 Å². The van der Waals surface area contributed by atoms with Crippen molar-refractivity contribution in [2.75, 3.05) is 0 Å².